The monoisotopic (exact) mass is 394 g/mol. The molecule has 0 unspecified atom stereocenters. The molecule has 0 aliphatic heterocycles. The number of hydrogen-bond donors (Lipinski definition) is 1. The minimum Gasteiger partial charge on any atom is -0.493 e. The molecule has 0 aliphatic carbocycles. The zero-order valence-electron chi connectivity index (χ0n) is 16.7. The summed E-state index contributed by atoms with van der Waals surface area (Å²) < 4.78 is 12.3. The van der Waals surface area contributed by atoms with Gasteiger partial charge in [-0.3, -0.25) is 9.59 Å². The Bertz CT molecular complexity index is 1010. The number of ether oxygens (including phenoxy) is 2. The average Bonchev–Trinajstić information content (AvgIpc) is 3.27. The van der Waals surface area contributed by atoms with E-state index in [0.717, 1.165) is 5.69 Å². The molecule has 150 valence electrons. The normalized spacial score (nSPS) is 10.3. The minimum atomic E-state index is -0.350. The first-order valence-electron chi connectivity index (χ1n) is 8.83. The summed E-state index contributed by atoms with van der Waals surface area (Å²) in [7, 11) is 6.25. The highest BCUT2D eigenvalue weighted by molar-refractivity contribution is 6.09. The van der Waals surface area contributed by atoms with Gasteiger partial charge in [0, 0.05) is 38.1 Å². The van der Waals surface area contributed by atoms with Crippen molar-refractivity contribution in [1.29, 1.82) is 0 Å². The third kappa shape index (κ3) is 4.21. The van der Waals surface area contributed by atoms with Crippen LogP contribution in [0.25, 0.3) is 5.69 Å². The van der Waals surface area contributed by atoms with E-state index in [1.54, 1.807) is 61.4 Å². The number of nitrogens with zero attached hydrogens (tertiary/aromatic N) is 3. The fourth-order valence-electron chi connectivity index (χ4n) is 2.78. The van der Waals surface area contributed by atoms with Gasteiger partial charge >= 0.3 is 0 Å². The maximum absolute atomic E-state index is 12.8. The number of nitrogens with one attached hydrogen (secondary N) is 1. The number of benzene rings is 2. The summed E-state index contributed by atoms with van der Waals surface area (Å²) in [5.74, 6) is 0.193. The fraction of sp³-hybridized carbons (Fsp3) is 0.190. The van der Waals surface area contributed by atoms with E-state index < -0.39 is 0 Å². The highest BCUT2D eigenvalue weighted by Crippen LogP contribution is 2.34. The lowest BCUT2D eigenvalue weighted by Gasteiger charge is -2.18. The number of hydrogen-bond acceptors (Lipinski definition) is 5. The molecule has 3 rings (SSSR count). The second kappa shape index (κ2) is 8.47. The fourth-order valence-corrected chi connectivity index (χ4v) is 2.78. The molecule has 8 heteroatoms. The molecule has 0 saturated carbocycles. The zero-order valence-corrected chi connectivity index (χ0v) is 16.7. The van der Waals surface area contributed by atoms with E-state index in [1.807, 2.05) is 12.3 Å². The van der Waals surface area contributed by atoms with E-state index in [0.29, 0.717) is 28.3 Å². The molecule has 2 aromatic carbocycles. The predicted molar refractivity (Wildman–Crippen MR) is 109 cm³/mol. The maximum Gasteiger partial charge on any atom is 0.255 e. The molecule has 8 nitrogen and oxygen atoms in total. The first kappa shape index (κ1) is 19.9. The van der Waals surface area contributed by atoms with Gasteiger partial charge in [0.15, 0.2) is 11.5 Å². The van der Waals surface area contributed by atoms with Gasteiger partial charge in [0.2, 0.25) is 0 Å². The van der Waals surface area contributed by atoms with E-state index in [4.69, 9.17) is 9.47 Å². The van der Waals surface area contributed by atoms with Crippen molar-refractivity contribution in [1.82, 2.24) is 14.7 Å². The van der Waals surface area contributed by atoms with Gasteiger partial charge in [0.05, 0.1) is 31.2 Å². The van der Waals surface area contributed by atoms with E-state index >= 15 is 0 Å². The van der Waals surface area contributed by atoms with Crippen LogP contribution in [-0.2, 0) is 0 Å². The second-order valence-corrected chi connectivity index (χ2v) is 6.40. The Morgan fingerprint density at radius 1 is 1.03 bits per heavy atom. The summed E-state index contributed by atoms with van der Waals surface area (Å²) >= 11 is 0. The van der Waals surface area contributed by atoms with Crippen LogP contribution >= 0.6 is 0 Å². The van der Waals surface area contributed by atoms with Crippen molar-refractivity contribution < 1.29 is 19.1 Å². The molecule has 0 fully saturated rings. The highest BCUT2D eigenvalue weighted by atomic mass is 16.5. The molecule has 0 aliphatic rings. The number of aromatic nitrogens is 2. The zero-order chi connectivity index (χ0) is 21.0. The molecule has 3 aromatic rings. The quantitative estimate of drug-likeness (QED) is 0.695. The number of rotatable bonds is 6. The van der Waals surface area contributed by atoms with Gasteiger partial charge < -0.3 is 19.7 Å². The molecule has 2 amide bonds. The van der Waals surface area contributed by atoms with Gasteiger partial charge in [0.1, 0.15) is 0 Å². The third-order valence-electron chi connectivity index (χ3n) is 4.31. The summed E-state index contributed by atoms with van der Waals surface area (Å²) in [6, 6.07) is 11.9. The number of carbonyl (C=O) groups is 2. The molecule has 0 saturated heterocycles. The van der Waals surface area contributed by atoms with Crippen molar-refractivity contribution in [3.8, 4) is 17.2 Å². The summed E-state index contributed by atoms with van der Waals surface area (Å²) in [5, 5.41) is 6.96. The smallest absolute Gasteiger partial charge is 0.255 e. The lowest BCUT2D eigenvalue weighted by molar-refractivity contribution is 0.0828. The van der Waals surface area contributed by atoms with Crippen molar-refractivity contribution in [2.24, 2.45) is 0 Å². The summed E-state index contributed by atoms with van der Waals surface area (Å²) in [6.07, 6.45) is 3.50. The molecular weight excluding hydrogens is 372 g/mol. The van der Waals surface area contributed by atoms with Crippen molar-refractivity contribution >= 4 is 17.5 Å². The van der Waals surface area contributed by atoms with Crippen LogP contribution in [0.1, 0.15) is 20.7 Å². The number of methoxy groups -OCH3 is 2. The molecule has 1 heterocycles. The Hall–Kier alpha value is -3.81. The molecule has 0 atom stereocenters. The lowest BCUT2D eigenvalue weighted by Crippen LogP contribution is -2.24. The van der Waals surface area contributed by atoms with Gasteiger partial charge in [-0.25, -0.2) is 4.68 Å². The molecule has 0 bridgehead atoms. The van der Waals surface area contributed by atoms with E-state index in [9.17, 15) is 9.59 Å². The summed E-state index contributed by atoms with van der Waals surface area (Å²) in [4.78, 5) is 26.8. The van der Waals surface area contributed by atoms with Crippen LogP contribution in [-0.4, -0.2) is 54.8 Å². The molecule has 29 heavy (non-hydrogen) atoms. The minimum absolute atomic E-state index is 0.268. The number of anilines is 1. The molecule has 1 aromatic heterocycles. The summed E-state index contributed by atoms with van der Waals surface area (Å²) in [5.41, 5.74) is 1.91. The largest absolute Gasteiger partial charge is 0.493 e. The topological polar surface area (TPSA) is 85.7 Å². The summed E-state index contributed by atoms with van der Waals surface area (Å²) in [6.45, 7) is 0. The van der Waals surface area contributed by atoms with Crippen LogP contribution in [0, 0.1) is 0 Å². The van der Waals surface area contributed by atoms with Crippen molar-refractivity contribution in [2.75, 3.05) is 33.6 Å². The van der Waals surface area contributed by atoms with E-state index in [2.05, 4.69) is 10.4 Å². The average molecular weight is 394 g/mol. The van der Waals surface area contributed by atoms with Crippen LogP contribution < -0.4 is 14.8 Å². The van der Waals surface area contributed by atoms with Crippen molar-refractivity contribution in [2.45, 2.75) is 0 Å². The second-order valence-electron chi connectivity index (χ2n) is 6.40. The van der Waals surface area contributed by atoms with E-state index in [-0.39, 0.29) is 11.8 Å². The SMILES string of the molecule is COc1cc(NC(=O)c2ccc(-n3cccn3)cc2)c(C(=O)N(C)C)cc1OC. The highest BCUT2D eigenvalue weighted by Gasteiger charge is 2.20. The molecule has 0 spiro atoms. The Labute approximate surface area is 168 Å². The van der Waals surface area contributed by atoms with Crippen LogP contribution in [0.4, 0.5) is 5.69 Å². The Morgan fingerprint density at radius 3 is 2.24 bits per heavy atom. The molecule has 1 N–H and O–H groups in total. The Balaban J connectivity index is 1.91. The Kier molecular flexibility index (Phi) is 5.82. The van der Waals surface area contributed by atoms with Gasteiger partial charge in [-0.1, -0.05) is 0 Å². The van der Waals surface area contributed by atoms with E-state index in [1.165, 1.54) is 19.1 Å². The van der Waals surface area contributed by atoms with Crippen LogP contribution in [0.5, 0.6) is 11.5 Å². The molecular formula is C21H22N4O4. The molecule has 0 radical (unpaired) electrons. The van der Waals surface area contributed by atoms with Crippen LogP contribution in [0.2, 0.25) is 0 Å². The van der Waals surface area contributed by atoms with Crippen LogP contribution in [0.15, 0.2) is 54.9 Å². The van der Waals surface area contributed by atoms with Gasteiger partial charge in [-0.15, -0.1) is 0 Å². The lowest BCUT2D eigenvalue weighted by atomic mass is 10.1. The van der Waals surface area contributed by atoms with Crippen molar-refractivity contribution in [3.05, 3.63) is 66.0 Å². The van der Waals surface area contributed by atoms with Gasteiger partial charge in [-0.05, 0) is 36.4 Å². The van der Waals surface area contributed by atoms with Gasteiger partial charge in [-0.2, -0.15) is 5.10 Å². The number of carbonyl (C=O) groups excluding carboxylic acids is 2. The van der Waals surface area contributed by atoms with Crippen molar-refractivity contribution in [3.63, 3.8) is 0 Å². The first-order chi connectivity index (χ1) is 13.9. The third-order valence-corrected chi connectivity index (χ3v) is 4.31. The predicted octanol–water partition coefficient (Wildman–Crippen LogP) is 2.84. The van der Waals surface area contributed by atoms with Crippen LogP contribution in [0.3, 0.4) is 0 Å². The Morgan fingerprint density at radius 2 is 1.69 bits per heavy atom. The first-order valence-corrected chi connectivity index (χ1v) is 8.83. The maximum atomic E-state index is 12.8. The standard InChI is InChI=1S/C21H22N4O4/c1-24(2)21(27)16-12-18(28-3)19(29-4)13-17(16)23-20(26)14-6-8-15(9-7-14)25-11-5-10-22-25/h5-13H,1-4H3,(H,23,26). The number of amides is 2. The van der Waals surface area contributed by atoms with Gasteiger partial charge in [0.25, 0.3) is 11.8 Å².